The second-order valence-corrected chi connectivity index (χ2v) is 2.45. The average molecular weight is 1100 g/mol. The van der Waals surface area contributed by atoms with Gasteiger partial charge in [-0.15, -0.1) is 0 Å². The summed E-state index contributed by atoms with van der Waals surface area (Å²) in [5.74, 6) is 0. The van der Waals surface area contributed by atoms with Crippen LogP contribution in [0.1, 0.15) is 0 Å². The predicted molar refractivity (Wildman–Crippen MR) is 167 cm³/mol. The fourth-order valence-electron chi connectivity index (χ4n) is 0. The molecule has 31 N–H and O–H groups in total. The molecular formula is H31Al5Mg10O39S2. The van der Waals surface area contributed by atoms with Gasteiger partial charge in [0.15, 0.2) is 0 Å². The molecule has 0 saturated heterocycles. The van der Waals surface area contributed by atoms with Crippen LogP contribution in [-0.2, 0) is 20.8 Å². The van der Waals surface area contributed by atoms with Crippen molar-refractivity contribution >= 4 is 338 Å². The third-order valence-electron chi connectivity index (χ3n) is 0. The van der Waals surface area contributed by atoms with E-state index in [0.717, 1.165) is 0 Å². The molecule has 0 amide bonds. The topological polar surface area (TPSA) is 1090 Å². The maximum absolute atomic E-state index is 8.52. The van der Waals surface area contributed by atoms with Crippen LogP contribution in [-0.4, -0.2) is 522 Å². The van der Waals surface area contributed by atoms with Gasteiger partial charge in [0, 0.05) is 20.8 Å². The van der Waals surface area contributed by atoms with Crippen molar-refractivity contribution in [3.63, 3.8) is 0 Å². The van der Waals surface area contributed by atoms with Gasteiger partial charge in [0.2, 0.25) is 0 Å². The Morgan fingerprint density at radius 3 is 0.161 bits per heavy atom. The minimum absolute atomic E-state index is 0. The molecule has 0 aliphatic heterocycles. The minimum atomic E-state index is -5.17. The van der Waals surface area contributed by atoms with Crippen molar-refractivity contribution < 1.29 is 205 Å². The molecule has 0 spiro atoms. The van der Waals surface area contributed by atoms with Crippen LogP contribution in [0.5, 0.6) is 0 Å². The van der Waals surface area contributed by atoms with E-state index in [2.05, 4.69) is 0 Å². The monoisotopic (exact) mass is 1090 g/mol. The third-order valence-corrected chi connectivity index (χ3v) is 0. The van der Waals surface area contributed by atoms with Gasteiger partial charge >= 0.3 is 317 Å². The largest absolute Gasteiger partial charge is 3.00 e. The quantitative estimate of drug-likeness (QED) is 0.123. The zero-order valence-electron chi connectivity index (χ0n) is 27.9. The molecule has 56 heteroatoms. The molecule has 0 heterocycles. The Morgan fingerprint density at radius 2 is 0.161 bits per heavy atom. The first-order valence-electron chi connectivity index (χ1n) is 1.33. The Morgan fingerprint density at radius 1 is 0.161 bits per heavy atom. The van der Waals surface area contributed by atoms with Gasteiger partial charge in [0.05, 0.1) is 0 Å². The summed E-state index contributed by atoms with van der Waals surface area (Å²) in [6.45, 7) is 0. The summed E-state index contributed by atoms with van der Waals surface area (Å²) in [6.07, 6.45) is 0. The van der Waals surface area contributed by atoms with Gasteiger partial charge in [0.1, 0.15) is 0 Å². The van der Waals surface area contributed by atoms with Crippen molar-refractivity contribution in [2.24, 2.45) is 0 Å². The molecule has 0 fully saturated rings. The number of hydrogen-bond donors (Lipinski definition) is 0. The predicted octanol–water partition coefficient (Wildman–Crippen LogP) is -13.9. The summed E-state index contributed by atoms with van der Waals surface area (Å²) in [4.78, 5) is 0. The first-order chi connectivity index (χ1) is 4.00. The summed E-state index contributed by atoms with van der Waals surface area (Å²) in [5.41, 5.74) is 0. The Bertz CT molecular complexity index is 269. The van der Waals surface area contributed by atoms with Crippen LogP contribution in [0.25, 0.3) is 0 Å². The van der Waals surface area contributed by atoms with Crippen LogP contribution in [0.2, 0.25) is 0 Å². The molecule has 0 bridgehead atoms. The summed E-state index contributed by atoms with van der Waals surface area (Å²) >= 11 is 0. The molecule has 0 atom stereocenters. The van der Waals surface area contributed by atoms with Gasteiger partial charge in [-0.25, -0.2) is 0 Å². The van der Waals surface area contributed by atoms with Crippen LogP contribution in [0.15, 0.2) is 0 Å². The number of hydrogen-bond acceptors (Lipinski definition) is 39. The van der Waals surface area contributed by atoms with Crippen molar-refractivity contribution in [3.8, 4) is 0 Å². The SMILES string of the molecule is O=S(=O)([O-])[O-].O=S(=O)([O-])[O-].[Al+3].[Al+3].[Al+3].[Al+3].[Al+3].[Mg+2].[Mg+2].[Mg+2].[Mg+2].[Mg+2].[Mg+2].[Mg+2].[Mg+2].[Mg+2].[Mg+2].[OH-].[OH-].[OH-].[OH-].[OH-].[OH-].[OH-].[OH-].[OH-].[OH-].[OH-].[OH-].[OH-].[OH-].[OH-].[OH-].[OH-].[OH-].[OH-].[OH-].[OH-].[OH-].[OH-].[OH-].[OH-].[OH-].[OH-].[OH-].[OH-].[OH-].[OH-]. The molecule has 0 aromatic heterocycles. The Hall–Kier alpha value is 8.82. The molecule has 56 heavy (non-hydrogen) atoms. The van der Waals surface area contributed by atoms with Crippen LogP contribution >= 0.6 is 0 Å². The normalized spacial score (nSPS) is 2.07. The van der Waals surface area contributed by atoms with Crippen LogP contribution < -0.4 is 0 Å². The molecule has 0 aliphatic carbocycles. The van der Waals surface area contributed by atoms with Gasteiger partial charge in [-0.3, -0.25) is 16.8 Å². The third kappa shape index (κ3) is 3080. The zero-order valence-corrected chi connectivity index (χ0v) is 49.5. The standard InChI is InChI=1S/5Al.10Mg.2H2O4S.31H2O/c;;;;;;;;;;;;;;;2*1-5(2,3)4;;;;;;;;;;;;;;;;;;;;;;;;;;;;;;;/h;;;;;;;;;;;;;;;2*(H2,1,2,3,4);31*1H2/q5*+3;10*+2;;;;;;;;;;;;;;;;;;;;;;;;;;;;;;;;;/p-35. The fraction of sp³-hybridized carbons (Fsp3) is 0. The molecule has 0 saturated carbocycles. The average Bonchev–Trinajstić information content (AvgIpc) is 1.12. The van der Waals surface area contributed by atoms with Crippen molar-refractivity contribution in [2.45, 2.75) is 0 Å². The van der Waals surface area contributed by atoms with Crippen LogP contribution in [0, 0.1) is 0 Å². The van der Waals surface area contributed by atoms with Crippen molar-refractivity contribution in [3.05, 3.63) is 0 Å². The molecule has 39 nitrogen and oxygen atoms in total. The Labute approximate surface area is 534 Å². The molecule has 0 radical (unpaired) electrons. The van der Waals surface area contributed by atoms with Gasteiger partial charge in [-0.2, -0.15) is 0 Å². The first kappa shape index (κ1) is 933. The van der Waals surface area contributed by atoms with E-state index >= 15 is 0 Å². The second kappa shape index (κ2) is 581. The van der Waals surface area contributed by atoms with E-state index in [0.29, 0.717) is 0 Å². The minimum Gasteiger partial charge on any atom is -0.870 e. The summed E-state index contributed by atoms with van der Waals surface area (Å²) < 4.78 is 68.2. The van der Waals surface area contributed by atoms with Gasteiger partial charge in [0.25, 0.3) is 0 Å². The first-order valence-corrected chi connectivity index (χ1v) is 4.00. The van der Waals surface area contributed by atoms with E-state index in [9.17, 15) is 0 Å². The number of rotatable bonds is 0. The summed E-state index contributed by atoms with van der Waals surface area (Å²) in [5, 5.41) is 0. The van der Waals surface area contributed by atoms with E-state index in [4.69, 9.17) is 35.0 Å². The van der Waals surface area contributed by atoms with Gasteiger partial charge in [-0.1, -0.05) is 0 Å². The molecular weight excluding hydrogens is 1070 g/mol. The van der Waals surface area contributed by atoms with E-state index < -0.39 is 20.8 Å². The molecule has 0 unspecified atom stereocenters. The molecule has 312 valence electrons. The van der Waals surface area contributed by atoms with Crippen molar-refractivity contribution in [1.29, 1.82) is 0 Å². The fourth-order valence-corrected chi connectivity index (χ4v) is 0. The van der Waals surface area contributed by atoms with Gasteiger partial charge in [-0.05, 0) is 0 Å². The smallest absolute Gasteiger partial charge is 0.870 e. The molecule has 0 aromatic rings. The van der Waals surface area contributed by atoms with Gasteiger partial charge < -0.3 is 188 Å². The summed E-state index contributed by atoms with van der Waals surface area (Å²) in [7, 11) is -10.3. The van der Waals surface area contributed by atoms with Crippen LogP contribution in [0.3, 0.4) is 0 Å². The Balaban J connectivity index is -0.000000000273. The summed E-state index contributed by atoms with van der Waals surface area (Å²) in [6, 6.07) is 0. The van der Waals surface area contributed by atoms with Crippen molar-refractivity contribution in [1.82, 2.24) is 0 Å². The second-order valence-electron chi connectivity index (χ2n) is 0.816. The maximum Gasteiger partial charge on any atom is 3.00 e. The maximum atomic E-state index is 8.52. The molecule has 0 aliphatic rings. The molecule has 0 rings (SSSR count). The van der Waals surface area contributed by atoms with E-state index in [1.165, 1.54) is 0 Å². The Kier molecular flexibility index (Phi) is 9680. The molecule has 0 aromatic carbocycles. The van der Waals surface area contributed by atoms with E-state index in [1.807, 2.05) is 0 Å². The van der Waals surface area contributed by atoms with Crippen LogP contribution in [0.4, 0.5) is 0 Å². The van der Waals surface area contributed by atoms with Crippen molar-refractivity contribution in [2.75, 3.05) is 0 Å². The zero-order chi connectivity index (χ0) is 9.00. The van der Waals surface area contributed by atoms with E-state index in [1.54, 1.807) is 0 Å². The van der Waals surface area contributed by atoms with E-state index in [-0.39, 0.29) is 487 Å².